The zero-order valence-electron chi connectivity index (χ0n) is 15.5. The molecule has 0 bridgehead atoms. The zero-order valence-corrected chi connectivity index (χ0v) is 17.9. The van der Waals surface area contributed by atoms with Gasteiger partial charge >= 0.3 is 0 Å². The molecule has 3 rings (SSSR count). The molecule has 2 aromatic carbocycles. The molecule has 0 saturated heterocycles. The number of nitrogens with zero attached hydrogens (tertiary/aromatic N) is 2. The molecule has 0 radical (unpaired) electrons. The van der Waals surface area contributed by atoms with E-state index in [0.717, 1.165) is 17.0 Å². The average molecular weight is 443 g/mol. The van der Waals surface area contributed by atoms with E-state index in [4.69, 9.17) is 11.6 Å². The van der Waals surface area contributed by atoms with Crippen LogP contribution in [0, 0.1) is 5.82 Å². The van der Waals surface area contributed by atoms with Crippen LogP contribution in [0.3, 0.4) is 0 Å². The Labute approximate surface area is 173 Å². The number of hydrogen-bond donors (Lipinski definition) is 0. The Hall–Kier alpha value is -1.61. The van der Waals surface area contributed by atoms with Crippen LogP contribution in [0.25, 0.3) is 0 Å². The number of rotatable bonds is 5. The average Bonchev–Trinajstić information content (AvgIpc) is 2.68. The first-order valence-corrected chi connectivity index (χ1v) is 11.6. The van der Waals surface area contributed by atoms with Crippen molar-refractivity contribution in [3.8, 4) is 0 Å². The molecule has 1 amide bonds. The second-order valence-electron chi connectivity index (χ2n) is 6.15. The van der Waals surface area contributed by atoms with Gasteiger partial charge in [-0.1, -0.05) is 25.4 Å². The van der Waals surface area contributed by atoms with E-state index in [2.05, 4.69) is 0 Å². The first kappa shape index (κ1) is 21.1. The lowest BCUT2D eigenvalue weighted by molar-refractivity contribution is 0.0983. The van der Waals surface area contributed by atoms with Crippen molar-refractivity contribution in [2.24, 2.45) is 0 Å². The number of fused-ring (bicyclic) bond motifs is 1. The molecule has 0 fully saturated rings. The van der Waals surface area contributed by atoms with Crippen molar-refractivity contribution in [3.05, 3.63) is 52.8 Å². The lowest BCUT2D eigenvalue weighted by atomic mass is 10.1. The van der Waals surface area contributed by atoms with Crippen LogP contribution in [-0.2, 0) is 10.0 Å². The van der Waals surface area contributed by atoms with Crippen molar-refractivity contribution in [2.75, 3.05) is 30.3 Å². The van der Waals surface area contributed by atoms with Gasteiger partial charge in [0.2, 0.25) is 10.0 Å². The molecule has 0 aliphatic carbocycles. The standard InChI is InChI=1S/C19H20ClFN2O3S2/c1-3-22(4-2)28(25,26)14-6-7-16(21)15(12-14)19(24)23-9-10-27-18-8-5-13(20)11-17(18)23/h5-8,11-12H,3-4,9-10H2,1-2H3. The second kappa shape index (κ2) is 8.41. The van der Waals surface area contributed by atoms with Crippen LogP contribution in [0.4, 0.5) is 10.1 Å². The lowest BCUT2D eigenvalue weighted by Gasteiger charge is -2.29. The highest BCUT2D eigenvalue weighted by molar-refractivity contribution is 7.99. The Kier molecular flexibility index (Phi) is 6.34. The predicted molar refractivity (Wildman–Crippen MR) is 110 cm³/mol. The number of anilines is 1. The number of hydrogen-bond acceptors (Lipinski definition) is 4. The van der Waals surface area contributed by atoms with Gasteiger partial charge in [0, 0.05) is 35.3 Å². The van der Waals surface area contributed by atoms with E-state index in [1.807, 2.05) is 6.07 Å². The molecule has 0 aromatic heterocycles. The third-order valence-electron chi connectivity index (χ3n) is 4.54. The number of carbonyl (C=O) groups excluding carboxylic acids is 1. The van der Waals surface area contributed by atoms with Crippen molar-refractivity contribution < 1.29 is 17.6 Å². The van der Waals surface area contributed by atoms with Crippen LogP contribution in [0.15, 0.2) is 46.2 Å². The highest BCUT2D eigenvalue weighted by Crippen LogP contribution is 2.37. The predicted octanol–water partition coefficient (Wildman–Crippen LogP) is 4.26. The number of halogens is 2. The Morgan fingerprint density at radius 3 is 2.61 bits per heavy atom. The lowest BCUT2D eigenvalue weighted by Crippen LogP contribution is -2.36. The summed E-state index contributed by atoms with van der Waals surface area (Å²) in [4.78, 5) is 15.3. The molecule has 2 aromatic rings. The van der Waals surface area contributed by atoms with Gasteiger partial charge in [-0.2, -0.15) is 4.31 Å². The van der Waals surface area contributed by atoms with Crippen LogP contribution < -0.4 is 4.90 Å². The fraction of sp³-hybridized carbons (Fsp3) is 0.316. The molecular formula is C19H20ClFN2O3S2. The molecule has 1 heterocycles. The summed E-state index contributed by atoms with van der Waals surface area (Å²) in [5.41, 5.74) is 0.330. The normalized spacial score (nSPS) is 14.2. The highest BCUT2D eigenvalue weighted by Gasteiger charge is 2.29. The van der Waals surface area contributed by atoms with Gasteiger partial charge in [-0.25, -0.2) is 12.8 Å². The summed E-state index contributed by atoms with van der Waals surface area (Å²) in [5.74, 6) is -0.692. The second-order valence-corrected chi connectivity index (χ2v) is 9.66. The molecule has 1 aliphatic heterocycles. The number of benzene rings is 2. The third-order valence-corrected chi connectivity index (χ3v) is 7.86. The van der Waals surface area contributed by atoms with Gasteiger partial charge in [-0.3, -0.25) is 4.79 Å². The Morgan fingerprint density at radius 1 is 1.21 bits per heavy atom. The topological polar surface area (TPSA) is 57.7 Å². The Balaban J connectivity index is 2.04. The Bertz CT molecular complexity index is 1010. The van der Waals surface area contributed by atoms with Gasteiger partial charge in [0.05, 0.1) is 16.1 Å². The maximum absolute atomic E-state index is 14.5. The van der Waals surface area contributed by atoms with E-state index in [-0.39, 0.29) is 23.5 Å². The number of sulfonamides is 1. The summed E-state index contributed by atoms with van der Waals surface area (Å²) in [7, 11) is -3.80. The van der Waals surface area contributed by atoms with Crippen molar-refractivity contribution in [1.82, 2.24) is 4.31 Å². The maximum atomic E-state index is 14.5. The minimum absolute atomic E-state index is 0.0985. The van der Waals surface area contributed by atoms with Gasteiger partial charge in [0.25, 0.3) is 5.91 Å². The first-order chi connectivity index (χ1) is 13.3. The minimum atomic E-state index is -3.80. The Morgan fingerprint density at radius 2 is 1.93 bits per heavy atom. The SMILES string of the molecule is CCN(CC)S(=O)(=O)c1ccc(F)c(C(=O)N2CCSc3ccc(Cl)cc32)c1. The van der Waals surface area contributed by atoms with Gasteiger partial charge in [-0.15, -0.1) is 11.8 Å². The van der Waals surface area contributed by atoms with Crippen molar-refractivity contribution in [1.29, 1.82) is 0 Å². The fourth-order valence-electron chi connectivity index (χ4n) is 3.09. The summed E-state index contributed by atoms with van der Waals surface area (Å²) in [6.07, 6.45) is 0. The van der Waals surface area contributed by atoms with Crippen LogP contribution in [0.5, 0.6) is 0 Å². The number of carbonyl (C=O) groups is 1. The first-order valence-electron chi connectivity index (χ1n) is 8.83. The molecule has 1 aliphatic rings. The van der Waals surface area contributed by atoms with E-state index in [1.165, 1.54) is 15.3 Å². The molecular weight excluding hydrogens is 423 g/mol. The number of thioether (sulfide) groups is 1. The smallest absolute Gasteiger partial charge is 0.261 e. The molecule has 0 atom stereocenters. The van der Waals surface area contributed by atoms with Crippen LogP contribution >= 0.6 is 23.4 Å². The highest BCUT2D eigenvalue weighted by atomic mass is 35.5. The monoisotopic (exact) mass is 442 g/mol. The third kappa shape index (κ3) is 3.91. The van der Waals surface area contributed by atoms with Gasteiger partial charge in [-0.05, 0) is 36.4 Å². The molecule has 9 heteroatoms. The van der Waals surface area contributed by atoms with Crippen molar-refractivity contribution >= 4 is 45.0 Å². The zero-order chi connectivity index (χ0) is 20.5. The van der Waals surface area contributed by atoms with Crippen LogP contribution in [0.2, 0.25) is 5.02 Å². The van der Waals surface area contributed by atoms with Crippen LogP contribution in [0.1, 0.15) is 24.2 Å². The van der Waals surface area contributed by atoms with Gasteiger partial charge in [0.15, 0.2) is 0 Å². The van der Waals surface area contributed by atoms with E-state index in [9.17, 15) is 17.6 Å². The largest absolute Gasteiger partial charge is 0.306 e. The molecule has 28 heavy (non-hydrogen) atoms. The van der Waals surface area contributed by atoms with E-state index >= 15 is 0 Å². The molecule has 0 unspecified atom stereocenters. The molecule has 0 N–H and O–H groups in total. The molecule has 0 spiro atoms. The van der Waals surface area contributed by atoms with E-state index < -0.39 is 21.7 Å². The summed E-state index contributed by atoms with van der Waals surface area (Å²) < 4.78 is 41.3. The fourth-order valence-corrected chi connectivity index (χ4v) is 5.71. The summed E-state index contributed by atoms with van der Waals surface area (Å²) >= 11 is 7.66. The molecule has 0 saturated carbocycles. The maximum Gasteiger partial charge on any atom is 0.261 e. The van der Waals surface area contributed by atoms with E-state index in [0.29, 0.717) is 23.0 Å². The summed E-state index contributed by atoms with van der Waals surface area (Å²) in [6, 6.07) is 8.56. The van der Waals surface area contributed by atoms with Crippen LogP contribution in [-0.4, -0.2) is 44.0 Å². The summed E-state index contributed by atoms with van der Waals surface area (Å²) in [5, 5.41) is 0.470. The molecule has 150 valence electrons. The van der Waals surface area contributed by atoms with E-state index in [1.54, 1.807) is 37.7 Å². The minimum Gasteiger partial charge on any atom is -0.306 e. The van der Waals surface area contributed by atoms with Crippen molar-refractivity contribution in [3.63, 3.8) is 0 Å². The van der Waals surface area contributed by atoms with Crippen molar-refractivity contribution in [2.45, 2.75) is 23.6 Å². The van der Waals surface area contributed by atoms with Gasteiger partial charge < -0.3 is 4.90 Å². The quantitative estimate of drug-likeness (QED) is 0.694. The summed E-state index contributed by atoms with van der Waals surface area (Å²) in [6.45, 7) is 4.40. The number of amides is 1. The van der Waals surface area contributed by atoms with Gasteiger partial charge in [0.1, 0.15) is 5.82 Å². The molecule has 5 nitrogen and oxygen atoms in total.